The molecule has 1 aromatic carbocycles. The molecule has 33 heavy (non-hydrogen) atoms. The van der Waals surface area contributed by atoms with E-state index in [9.17, 15) is 27.2 Å². The number of nitrogens with one attached hydrogen (secondary N) is 3. The molecule has 174 valence electrons. The van der Waals surface area contributed by atoms with Crippen LogP contribution in [0.3, 0.4) is 0 Å². The van der Waals surface area contributed by atoms with Crippen molar-refractivity contribution in [3.05, 3.63) is 63.5 Å². The molecule has 1 atom stereocenters. The van der Waals surface area contributed by atoms with Crippen molar-refractivity contribution in [3.8, 4) is 0 Å². The Morgan fingerprint density at radius 2 is 1.97 bits per heavy atom. The minimum absolute atomic E-state index is 0.0273. The zero-order valence-corrected chi connectivity index (χ0v) is 17.5. The van der Waals surface area contributed by atoms with Gasteiger partial charge in [0.05, 0.1) is 22.6 Å². The second kappa shape index (κ2) is 8.77. The number of fused-ring (bicyclic) bond motifs is 1. The molecule has 0 spiro atoms. The van der Waals surface area contributed by atoms with E-state index in [2.05, 4.69) is 25.6 Å². The van der Waals surface area contributed by atoms with Crippen LogP contribution in [0.1, 0.15) is 34.5 Å². The topological polar surface area (TPSA) is 103 Å². The molecule has 0 aliphatic carbocycles. The number of alkyl halides is 3. The van der Waals surface area contributed by atoms with Crippen LogP contribution in [-0.4, -0.2) is 51.9 Å². The van der Waals surface area contributed by atoms with Gasteiger partial charge in [-0.15, -0.1) is 0 Å². The summed E-state index contributed by atoms with van der Waals surface area (Å²) in [4.78, 5) is 36.9. The zero-order valence-electron chi connectivity index (χ0n) is 17.5. The van der Waals surface area contributed by atoms with Gasteiger partial charge in [-0.3, -0.25) is 9.78 Å². The second-order valence-corrected chi connectivity index (χ2v) is 7.63. The first kappa shape index (κ1) is 22.6. The van der Waals surface area contributed by atoms with Gasteiger partial charge in [-0.05, 0) is 19.1 Å². The van der Waals surface area contributed by atoms with Crippen molar-refractivity contribution >= 4 is 22.8 Å². The summed E-state index contributed by atoms with van der Waals surface area (Å²) in [6, 6.07) is 3.50. The molecule has 3 N–H and O–H groups in total. The van der Waals surface area contributed by atoms with Crippen molar-refractivity contribution in [1.29, 1.82) is 0 Å². The van der Waals surface area contributed by atoms with E-state index < -0.39 is 29.3 Å². The average Bonchev–Trinajstić information content (AvgIpc) is 2.78. The summed E-state index contributed by atoms with van der Waals surface area (Å²) >= 11 is 0. The normalized spacial score (nSPS) is 15.5. The quantitative estimate of drug-likeness (QED) is 0.513. The number of H-pyrrole nitrogens is 1. The van der Waals surface area contributed by atoms with E-state index in [0.29, 0.717) is 32.2 Å². The Labute approximate surface area is 185 Å². The third-order valence-electron chi connectivity index (χ3n) is 5.39. The third kappa shape index (κ3) is 4.65. The highest BCUT2D eigenvalue weighted by molar-refractivity contribution is 5.99. The van der Waals surface area contributed by atoms with Gasteiger partial charge in [0.1, 0.15) is 17.3 Å². The number of carbonyl (C=O) groups excluding carboxylic acids is 1. The van der Waals surface area contributed by atoms with E-state index in [1.165, 1.54) is 25.3 Å². The fourth-order valence-corrected chi connectivity index (χ4v) is 3.70. The SMILES string of the molecule is C[C@@H](Nc1nc(=O)[nH]c2ncc(C(=O)N3CCNCC3)cc12)c1cccc(C(F)(F)F)c1F. The lowest BCUT2D eigenvalue weighted by molar-refractivity contribution is -0.140. The fourth-order valence-electron chi connectivity index (χ4n) is 3.70. The van der Waals surface area contributed by atoms with Crippen molar-refractivity contribution in [3.63, 3.8) is 0 Å². The summed E-state index contributed by atoms with van der Waals surface area (Å²) in [5.41, 5.74) is -2.00. The van der Waals surface area contributed by atoms with Crippen molar-refractivity contribution in [1.82, 2.24) is 25.2 Å². The second-order valence-electron chi connectivity index (χ2n) is 7.63. The number of rotatable bonds is 4. The fraction of sp³-hybridized carbons (Fsp3) is 0.333. The van der Waals surface area contributed by atoms with Crippen molar-refractivity contribution in [2.24, 2.45) is 0 Å². The van der Waals surface area contributed by atoms with Crippen molar-refractivity contribution in [2.45, 2.75) is 19.1 Å². The number of halogens is 4. The summed E-state index contributed by atoms with van der Waals surface area (Å²) < 4.78 is 53.8. The lowest BCUT2D eigenvalue weighted by Crippen LogP contribution is -2.46. The number of benzene rings is 1. The number of piperazine rings is 1. The van der Waals surface area contributed by atoms with E-state index >= 15 is 0 Å². The predicted molar refractivity (Wildman–Crippen MR) is 112 cm³/mol. The molecular weight excluding hydrogens is 444 g/mol. The smallest absolute Gasteiger partial charge is 0.363 e. The molecular formula is C21H20F4N6O2. The van der Waals surface area contributed by atoms with Gasteiger partial charge in [-0.25, -0.2) is 14.2 Å². The molecule has 2 aromatic heterocycles. The number of nitrogens with zero attached hydrogens (tertiary/aromatic N) is 3. The van der Waals surface area contributed by atoms with Gasteiger partial charge in [0, 0.05) is 37.9 Å². The van der Waals surface area contributed by atoms with Crippen LogP contribution in [0.2, 0.25) is 0 Å². The molecule has 0 saturated carbocycles. The van der Waals surface area contributed by atoms with E-state index in [0.717, 1.165) is 6.07 Å². The van der Waals surface area contributed by atoms with Crippen LogP contribution in [0, 0.1) is 5.82 Å². The summed E-state index contributed by atoms with van der Waals surface area (Å²) in [7, 11) is 0. The first-order valence-electron chi connectivity index (χ1n) is 10.2. The Morgan fingerprint density at radius 3 is 2.67 bits per heavy atom. The molecule has 1 fully saturated rings. The molecule has 3 aromatic rings. The first-order valence-corrected chi connectivity index (χ1v) is 10.2. The molecule has 3 heterocycles. The average molecular weight is 464 g/mol. The van der Waals surface area contributed by atoms with Crippen LogP contribution in [0.4, 0.5) is 23.4 Å². The maximum absolute atomic E-state index is 14.6. The number of anilines is 1. The maximum Gasteiger partial charge on any atom is 0.419 e. The highest BCUT2D eigenvalue weighted by Gasteiger charge is 2.35. The van der Waals surface area contributed by atoms with Crippen molar-refractivity contribution < 1.29 is 22.4 Å². The van der Waals surface area contributed by atoms with Gasteiger partial charge in [-0.2, -0.15) is 18.2 Å². The number of aromatic amines is 1. The lowest BCUT2D eigenvalue weighted by atomic mass is 10.0. The van der Waals surface area contributed by atoms with Crippen LogP contribution in [0.5, 0.6) is 0 Å². The number of hydrogen-bond donors (Lipinski definition) is 3. The van der Waals surface area contributed by atoms with Gasteiger partial charge in [0.25, 0.3) is 5.91 Å². The Morgan fingerprint density at radius 1 is 1.24 bits per heavy atom. The standard InChI is InChI=1S/C21H20F4N6O2/c1-11(13-3-2-4-15(16(13)22)21(23,24)25)28-18-14-9-12(10-27-17(14)29-20(33)30-18)19(32)31-7-5-26-6-8-31/h2-4,9-11,26H,5-8H2,1H3,(H2,27,28,29,30,33)/t11-/m1/s1. The molecule has 0 bridgehead atoms. The van der Waals surface area contributed by atoms with Crippen molar-refractivity contribution in [2.75, 3.05) is 31.5 Å². The minimum Gasteiger partial charge on any atom is -0.363 e. The molecule has 0 radical (unpaired) electrons. The Bertz CT molecular complexity index is 1250. The monoisotopic (exact) mass is 464 g/mol. The molecule has 0 unspecified atom stereocenters. The number of pyridine rings is 1. The van der Waals surface area contributed by atoms with Crippen LogP contribution in [-0.2, 0) is 6.18 Å². The van der Waals surface area contributed by atoms with Gasteiger partial charge in [0.15, 0.2) is 0 Å². The summed E-state index contributed by atoms with van der Waals surface area (Å²) in [6.45, 7) is 3.81. The molecule has 1 aliphatic heterocycles. The number of hydrogen-bond acceptors (Lipinski definition) is 6. The molecule has 8 nitrogen and oxygen atoms in total. The highest BCUT2D eigenvalue weighted by Crippen LogP contribution is 2.34. The molecule has 4 rings (SSSR count). The van der Waals surface area contributed by atoms with Crippen LogP contribution in [0.25, 0.3) is 11.0 Å². The molecule has 1 saturated heterocycles. The summed E-state index contributed by atoms with van der Waals surface area (Å²) in [6.07, 6.45) is -3.51. The van der Waals surface area contributed by atoms with E-state index in [4.69, 9.17) is 0 Å². The molecule has 12 heteroatoms. The van der Waals surface area contributed by atoms with E-state index in [1.54, 1.807) is 4.90 Å². The van der Waals surface area contributed by atoms with Crippen LogP contribution >= 0.6 is 0 Å². The first-order chi connectivity index (χ1) is 15.6. The number of amides is 1. The maximum atomic E-state index is 14.6. The van der Waals surface area contributed by atoms with Gasteiger partial charge in [-0.1, -0.05) is 12.1 Å². The Kier molecular flexibility index (Phi) is 6.02. The molecule has 1 amide bonds. The summed E-state index contributed by atoms with van der Waals surface area (Å²) in [5, 5.41) is 6.22. The van der Waals surface area contributed by atoms with Gasteiger partial charge < -0.3 is 15.5 Å². The predicted octanol–water partition coefficient (Wildman–Crippen LogP) is 2.69. The molecule has 1 aliphatic rings. The van der Waals surface area contributed by atoms with Crippen LogP contribution in [0.15, 0.2) is 35.3 Å². The highest BCUT2D eigenvalue weighted by atomic mass is 19.4. The zero-order chi connectivity index (χ0) is 23.8. The Balaban J connectivity index is 1.70. The van der Waals surface area contributed by atoms with Gasteiger partial charge in [0.2, 0.25) is 0 Å². The third-order valence-corrected chi connectivity index (χ3v) is 5.39. The largest absolute Gasteiger partial charge is 0.419 e. The van der Waals surface area contributed by atoms with E-state index in [-0.39, 0.29) is 33.9 Å². The number of aromatic nitrogens is 3. The van der Waals surface area contributed by atoms with Crippen LogP contribution < -0.4 is 16.3 Å². The van der Waals surface area contributed by atoms with Gasteiger partial charge >= 0.3 is 11.9 Å². The minimum atomic E-state index is -4.85. The lowest BCUT2D eigenvalue weighted by Gasteiger charge is -2.27. The number of carbonyl (C=O) groups is 1. The van der Waals surface area contributed by atoms with E-state index in [1.807, 2.05) is 0 Å². The summed E-state index contributed by atoms with van der Waals surface area (Å²) in [5.74, 6) is -1.69. The Hall–Kier alpha value is -3.54.